The summed E-state index contributed by atoms with van der Waals surface area (Å²) in [5, 5.41) is 14.6. The van der Waals surface area contributed by atoms with Crippen LogP contribution < -0.4 is 5.73 Å². The molecule has 0 aliphatic heterocycles. The molecular formula is C21H22BrN5O2S. The zero-order valence-electron chi connectivity index (χ0n) is 16.5. The van der Waals surface area contributed by atoms with Gasteiger partial charge in [0, 0.05) is 28.8 Å². The van der Waals surface area contributed by atoms with Gasteiger partial charge in [0.1, 0.15) is 10.8 Å². The zero-order chi connectivity index (χ0) is 21.4. The van der Waals surface area contributed by atoms with E-state index in [0.29, 0.717) is 24.3 Å². The summed E-state index contributed by atoms with van der Waals surface area (Å²) in [6.07, 6.45) is 10.2. The Balaban J connectivity index is 1.78. The maximum absolute atomic E-state index is 11.3. The number of thioether (sulfide) groups is 1. The highest BCUT2D eigenvalue weighted by Crippen LogP contribution is 2.40. The summed E-state index contributed by atoms with van der Waals surface area (Å²) in [7, 11) is 0. The first-order chi connectivity index (χ1) is 14.4. The van der Waals surface area contributed by atoms with Gasteiger partial charge in [0.25, 0.3) is 0 Å². The molecule has 0 atom stereocenters. The van der Waals surface area contributed by atoms with E-state index in [1.165, 1.54) is 0 Å². The van der Waals surface area contributed by atoms with E-state index in [4.69, 9.17) is 10.7 Å². The molecule has 0 spiro atoms. The molecule has 3 aromatic rings. The summed E-state index contributed by atoms with van der Waals surface area (Å²) in [5.41, 5.74) is 10.6. The molecule has 9 heteroatoms. The van der Waals surface area contributed by atoms with Gasteiger partial charge < -0.3 is 10.8 Å². The number of hydrogen-bond acceptors (Lipinski definition) is 6. The van der Waals surface area contributed by atoms with Crippen LogP contribution in [0.15, 0.2) is 34.5 Å². The number of carbonyl (C=O) groups is 1. The fraction of sp³-hybridized carbons (Fsp3) is 0.333. The Kier molecular flexibility index (Phi) is 5.84. The highest BCUT2D eigenvalue weighted by molar-refractivity contribution is 9.10. The molecular weight excluding hydrogens is 466 g/mol. The van der Waals surface area contributed by atoms with Gasteiger partial charge in [-0.2, -0.15) is 9.61 Å². The molecule has 1 saturated carbocycles. The first kappa shape index (κ1) is 20.9. The number of hydrogen-bond donors (Lipinski definition) is 2. The molecule has 0 saturated heterocycles. The summed E-state index contributed by atoms with van der Waals surface area (Å²) in [4.78, 5) is 20.8. The fourth-order valence-electron chi connectivity index (χ4n) is 4.03. The van der Waals surface area contributed by atoms with Crippen LogP contribution >= 0.6 is 27.7 Å². The molecule has 0 amide bonds. The highest BCUT2D eigenvalue weighted by Gasteiger charge is 2.30. The Morgan fingerprint density at radius 2 is 2.10 bits per heavy atom. The van der Waals surface area contributed by atoms with Crippen molar-refractivity contribution >= 4 is 51.2 Å². The first-order valence-corrected chi connectivity index (χ1v) is 11.7. The van der Waals surface area contributed by atoms with Crippen molar-refractivity contribution in [1.29, 1.82) is 0 Å². The van der Waals surface area contributed by atoms with Crippen LogP contribution in [0.2, 0.25) is 0 Å². The number of aromatic nitrogens is 4. The van der Waals surface area contributed by atoms with E-state index < -0.39 is 5.97 Å². The molecule has 0 bridgehead atoms. The molecule has 3 heterocycles. The maximum atomic E-state index is 11.3. The first-order valence-electron chi connectivity index (χ1n) is 9.66. The lowest BCUT2D eigenvalue weighted by atomic mass is 9.80. The van der Waals surface area contributed by atoms with Crippen LogP contribution in [0, 0.1) is 5.92 Å². The summed E-state index contributed by atoms with van der Waals surface area (Å²) in [6.45, 7) is 3.89. The maximum Gasteiger partial charge on any atom is 0.306 e. The molecule has 30 heavy (non-hydrogen) atoms. The second-order valence-electron chi connectivity index (χ2n) is 7.40. The van der Waals surface area contributed by atoms with Gasteiger partial charge in [0.05, 0.1) is 22.3 Å². The van der Waals surface area contributed by atoms with Crippen molar-refractivity contribution in [1.82, 2.24) is 19.6 Å². The molecule has 156 valence electrons. The van der Waals surface area contributed by atoms with Crippen LogP contribution in [-0.2, 0) is 4.79 Å². The van der Waals surface area contributed by atoms with Gasteiger partial charge in [-0.1, -0.05) is 12.7 Å². The number of nitrogens with two attached hydrogens (primary N) is 1. The lowest BCUT2D eigenvalue weighted by Crippen LogP contribution is -2.21. The number of fused-ring (bicyclic) bond motifs is 1. The largest absolute Gasteiger partial charge is 0.481 e. The van der Waals surface area contributed by atoms with Crippen LogP contribution in [0.4, 0.5) is 5.82 Å². The predicted molar refractivity (Wildman–Crippen MR) is 123 cm³/mol. The molecule has 0 radical (unpaired) electrons. The van der Waals surface area contributed by atoms with Gasteiger partial charge in [0.2, 0.25) is 0 Å². The number of carboxylic acids is 1. The third kappa shape index (κ3) is 3.60. The molecule has 4 rings (SSSR count). The Hall–Kier alpha value is -2.39. The van der Waals surface area contributed by atoms with Crippen LogP contribution in [-0.4, -0.2) is 36.9 Å². The number of nitrogen functional groups attached to an aromatic ring is 1. The van der Waals surface area contributed by atoms with E-state index in [2.05, 4.69) is 32.6 Å². The quantitative estimate of drug-likeness (QED) is 0.494. The van der Waals surface area contributed by atoms with E-state index in [9.17, 15) is 9.90 Å². The molecule has 0 unspecified atom stereocenters. The van der Waals surface area contributed by atoms with Crippen molar-refractivity contribution in [3.8, 4) is 11.1 Å². The average Bonchev–Trinajstić information content (AvgIpc) is 3.19. The number of rotatable bonds is 5. The lowest BCUT2D eigenvalue weighted by Gasteiger charge is -2.26. The topological polar surface area (TPSA) is 106 Å². The molecule has 1 fully saturated rings. The number of aliphatic carboxylic acids is 1. The van der Waals surface area contributed by atoms with E-state index in [0.717, 1.165) is 44.7 Å². The second kappa shape index (κ2) is 8.39. The third-order valence-electron chi connectivity index (χ3n) is 5.71. The molecule has 3 aromatic heterocycles. The van der Waals surface area contributed by atoms with Crippen molar-refractivity contribution in [2.75, 3.05) is 12.0 Å². The number of halogens is 1. The van der Waals surface area contributed by atoms with E-state index in [-0.39, 0.29) is 11.8 Å². The van der Waals surface area contributed by atoms with Crippen molar-refractivity contribution in [3.05, 3.63) is 40.8 Å². The van der Waals surface area contributed by atoms with Crippen molar-refractivity contribution in [2.24, 2.45) is 5.92 Å². The minimum Gasteiger partial charge on any atom is -0.481 e. The van der Waals surface area contributed by atoms with Gasteiger partial charge in [0.15, 0.2) is 5.65 Å². The molecule has 0 aromatic carbocycles. The number of nitrogens with zero attached hydrogens (tertiary/aromatic N) is 4. The van der Waals surface area contributed by atoms with Crippen molar-refractivity contribution < 1.29 is 9.90 Å². The minimum absolute atomic E-state index is 0.158. The normalized spacial score (nSPS) is 19.1. The molecule has 7 nitrogen and oxygen atoms in total. The third-order valence-corrected chi connectivity index (χ3v) is 7.25. The highest BCUT2D eigenvalue weighted by atomic mass is 79.9. The van der Waals surface area contributed by atoms with Gasteiger partial charge in [-0.15, -0.1) is 11.8 Å². The lowest BCUT2D eigenvalue weighted by molar-refractivity contribution is -0.142. The number of pyridine rings is 1. The van der Waals surface area contributed by atoms with E-state index in [1.807, 2.05) is 18.5 Å². The summed E-state index contributed by atoms with van der Waals surface area (Å²) in [5.74, 6) is -0.345. The predicted octanol–water partition coefficient (Wildman–Crippen LogP) is 4.86. The second-order valence-corrected chi connectivity index (χ2v) is 8.99. The standard InChI is InChI=1S/C21H22BrN5O2S/c1-3-11-8-14(9-24-20(11)30-2)15-10-25-27-18(23)16(22)17(26-19(15)27)12-4-6-13(7-5-12)21(28)29/h3,8-10,12-13H,1,4-7,23H2,2H3,(H,28,29). The monoisotopic (exact) mass is 487 g/mol. The van der Waals surface area contributed by atoms with Crippen molar-refractivity contribution in [3.63, 3.8) is 0 Å². The SMILES string of the molecule is C=Cc1cc(-c2cnn3c(N)c(Br)c(C4CCC(C(=O)O)CC4)nc23)cnc1SC. The molecule has 1 aliphatic rings. The Morgan fingerprint density at radius 3 is 2.73 bits per heavy atom. The molecule has 3 N–H and O–H groups in total. The van der Waals surface area contributed by atoms with Crippen LogP contribution in [0.1, 0.15) is 42.9 Å². The van der Waals surface area contributed by atoms with Crippen LogP contribution in [0.3, 0.4) is 0 Å². The summed E-state index contributed by atoms with van der Waals surface area (Å²) >= 11 is 5.17. The van der Waals surface area contributed by atoms with Gasteiger partial charge in [-0.25, -0.2) is 9.97 Å². The number of carboxylic acid groups (broad SMARTS) is 1. The minimum atomic E-state index is -0.715. The smallest absolute Gasteiger partial charge is 0.306 e. The van der Waals surface area contributed by atoms with Crippen LogP contribution in [0.5, 0.6) is 0 Å². The average molecular weight is 488 g/mol. The Labute approximate surface area is 186 Å². The summed E-state index contributed by atoms with van der Waals surface area (Å²) in [6, 6.07) is 2.03. The molecule has 1 aliphatic carbocycles. The van der Waals surface area contributed by atoms with Crippen molar-refractivity contribution in [2.45, 2.75) is 36.6 Å². The Bertz CT molecular complexity index is 1140. The van der Waals surface area contributed by atoms with E-state index in [1.54, 1.807) is 28.6 Å². The zero-order valence-corrected chi connectivity index (χ0v) is 18.9. The van der Waals surface area contributed by atoms with E-state index >= 15 is 0 Å². The Morgan fingerprint density at radius 1 is 1.37 bits per heavy atom. The van der Waals surface area contributed by atoms with Gasteiger partial charge in [-0.05, 0) is 53.9 Å². The van der Waals surface area contributed by atoms with Gasteiger partial charge >= 0.3 is 5.97 Å². The van der Waals surface area contributed by atoms with Gasteiger partial charge in [-0.3, -0.25) is 4.79 Å². The number of anilines is 1. The fourth-order valence-corrected chi connectivity index (χ4v) is 5.15. The summed E-state index contributed by atoms with van der Waals surface area (Å²) < 4.78 is 2.35. The van der Waals surface area contributed by atoms with Crippen LogP contribution in [0.25, 0.3) is 22.9 Å².